The molecule has 0 fully saturated rings. The summed E-state index contributed by atoms with van der Waals surface area (Å²) in [4.78, 5) is 20.4. The minimum atomic E-state index is -0.363. The van der Waals surface area contributed by atoms with E-state index in [4.69, 9.17) is 0 Å². The van der Waals surface area contributed by atoms with Gasteiger partial charge in [-0.25, -0.2) is 0 Å². The Hall–Kier alpha value is -0.960. The maximum atomic E-state index is 10.5. The molecule has 52 valence electrons. The fraction of sp³-hybridized carbons (Fsp3) is 0.143. The molecule has 1 rings (SSSR count). The van der Waals surface area contributed by atoms with Crippen molar-refractivity contribution >= 4 is 23.4 Å². The second kappa shape index (κ2) is 3.27. The molecule has 1 aromatic heterocycles. The second-order valence-electron chi connectivity index (χ2n) is 1.89. The van der Waals surface area contributed by atoms with Crippen molar-refractivity contribution in [3.05, 3.63) is 22.4 Å². The van der Waals surface area contributed by atoms with Crippen LogP contribution in [0.2, 0.25) is 0 Å². The van der Waals surface area contributed by atoms with E-state index in [1.165, 1.54) is 11.3 Å². The van der Waals surface area contributed by atoms with Crippen LogP contribution in [0.1, 0.15) is 5.56 Å². The highest BCUT2D eigenvalue weighted by Crippen LogP contribution is 2.05. The maximum absolute atomic E-state index is 10.5. The summed E-state index contributed by atoms with van der Waals surface area (Å²) < 4.78 is 0. The first kappa shape index (κ1) is 7.15. The van der Waals surface area contributed by atoms with E-state index in [1.807, 2.05) is 16.8 Å². The number of ketones is 1. The fourth-order valence-corrected chi connectivity index (χ4v) is 1.30. The van der Waals surface area contributed by atoms with Gasteiger partial charge in [-0.15, -0.1) is 0 Å². The van der Waals surface area contributed by atoms with Crippen LogP contribution in [0.5, 0.6) is 0 Å². The Labute approximate surface area is 62.5 Å². The third kappa shape index (κ3) is 1.77. The molecule has 0 unspecified atom stereocenters. The van der Waals surface area contributed by atoms with Gasteiger partial charge in [0.1, 0.15) is 0 Å². The SMILES string of the molecule is O=CC(=O)Cc1ccsc1. The van der Waals surface area contributed by atoms with E-state index in [0.29, 0.717) is 6.29 Å². The van der Waals surface area contributed by atoms with Gasteiger partial charge in [0.15, 0.2) is 12.1 Å². The Bertz CT molecular complexity index is 226. The molecule has 0 radical (unpaired) electrons. The van der Waals surface area contributed by atoms with E-state index in [1.54, 1.807) is 0 Å². The van der Waals surface area contributed by atoms with Crippen LogP contribution < -0.4 is 0 Å². The Morgan fingerprint density at radius 1 is 1.70 bits per heavy atom. The number of hydrogen-bond acceptors (Lipinski definition) is 3. The predicted octanol–water partition coefficient (Wildman–Crippen LogP) is 1.06. The van der Waals surface area contributed by atoms with Crippen molar-refractivity contribution in [3.63, 3.8) is 0 Å². The van der Waals surface area contributed by atoms with Crippen LogP contribution in [0.4, 0.5) is 0 Å². The third-order valence-electron chi connectivity index (χ3n) is 1.09. The van der Waals surface area contributed by atoms with Crippen molar-refractivity contribution in [1.29, 1.82) is 0 Å². The van der Waals surface area contributed by atoms with E-state index in [0.717, 1.165) is 5.56 Å². The molecule has 0 bridgehead atoms. The summed E-state index contributed by atoms with van der Waals surface area (Å²) in [6, 6.07) is 1.84. The highest BCUT2D eigenvalue weighted by atomic mass is 32.1. The van der Waals surface area contributed by atoms with E-state index in [9.17, 15) is 9.59 Å². The summed E-state index contributed by atoms with van der Waals surface area (Å²) in [5.74, 6) is -0.363. The fourth-order valence-electron chi connectivity index (χ4n) is 0.636. The zero-order valence-corrected chi connectivity index (χ0v) is 6.06. The molecule has 10 heavy (non-hydrogen) atoms. The van der Waals surface area contributed by atoms with Crippen molar-refractivity contribution in [2.75, 3.05) is 0 Å². The number of thiophene rings is 1. The first-order chi connectivity index (χ1) is 4.83. The zero-order valence-electron chi connectivity index (χ0n) is 5.24. The van der Waals surface area contributed by atoms with Crippen molar-refractivity contribution in [2.45, 2.75) is 6.42 Å². The molecule has 0 amide bonds. The molecule has 0 aliphatic heterocycles. The van der Waals surface area contributed by atoms with Crippen molar-refractivity contribution < 1.29 is 9.59 Å². The molecule has 0 N–H and O–H groups in total. The Morgan fingerprint density at radius 2 is 2.50 bits per heavy atom. The van der Waals surface area contributed by atoms with Gasteiger partial charge in [0.2, 0.25) is 0 Å². The van der Waals surface area contributed by atoms with Crippen LogP contribution in [-0.4, -0.2) is 12.1 Å². The number of hydrogen-bond donors (Lipinski definition) is 0. The molecule has 0 spiro atoms. The van der Waals surface area contributed by atoms with Gasteiger partial charge in [-0.3, -0.25) is 9.59 Å². The van der Waals surface area contributed by atoms with Crippen LogP contribution >= 0.6 is 11.3 Å². The quantitative estimate of drug-likeness (QED) is 0.482. The van der Waals surface area contributed by atoms with Crippen molar-refractivity contribution in [1.82, 2.24) is 0 Å². The van der Waals surface area contributed by atoms with E-state index in [-0.39, 0.29) is 12.2 Å². The standard InChI is InChI=1S/C7H6O2S/c8-4-7(9)3-6-1-2-10-5-6/h1-2,4-5H,3H2. The Balaban J connectivity index is 2.56. The van der Waals surface area contributed by atoms with Gasteiger partial charge < -0.3 is 0 Å². The molecule has 1 aromatic rings. The number of carbonyl (C=O) groups is 2. The lowest BCUT2D eigenvalue weighted by molar-refractivity contribution is -0.129. The van der Waals surface area contributed by atoms with Gasteiger partial charge in [0, 0.05) is 6.42 Å². The van der Waals surface area contributed by atoms with Gasteiger partial charge in [-0.2, -0.15) is 11.3 Å². The van der Waals surface area contributed by atoms with Gasteiger partial charge in [-0.05, 0) is 22.4 Å². The van der Waals surface area contributed by atoms with Crippen LogP contribution in [0, 0.1) is 0 Å². The molecule has 0 saturated heterocycles. The number of carbonyl (C=O) groups excluding carboxylic acids is 2. The minimum Gasteiger partial charge on any atom is -0.295 e. The first-order valence-electron chi connectivity index (χ1n) is 2.82. The normalized spacial score (nSPS) is 9.20. The molecular weight excluding hydrogens is 148 g/mol. The molecule has 0 aliphatic rings. The summed E-state index contributed by atoms with van der Waals surface area (Å²) in [5.41, 5.74) is 0.919. The predicted molar refractivity (Wildman–Crippen MR) is 39.1 cm³/mol. The molecule has 1 heterocycles. The van der Waals surface area contributed by atoms with Gasteiger partial charge in [0.25, 0.3) is 0 Å². The van der Waals surface area contributed by atoms with Gasteiger partial charge in [-0.1, -0.05) is 0 Å². The van der Waals surface area contributed by atoms with E-state index < -0.39 is 0 Å². The first-order valence-corrected chi connectivity index (χ1v) is 3.76. The average molecular weight is 154 g/mol. The van der Waals surface area contributed by atoms with Crippen LogP contribution in [-0.2, 0) is 16.0 Å². The Morgan fingerprint density at radius 3 is 3.00 bits per heavy atom. The molecule has 3 heteroatoms. The van der Waals surface area contributed by atoms with Crippen LogP contribution in [0.15, 0.2) is 16.8 Å². The number of aldehydes is 1. The second-order valence-corrected chi connectivity index (χ2v) is 2.67. The minimum absolute atomic E-state index is 0.243. The molecule has 2 nitrogen and oxygen atoms in total. The van der Waals surface area contributed by atoms with Crippen molar-refractivity contribution in [2.24, 2.45) is 0 Å². The van der Waals surface area contributed by atoms with Crippen LogP contribution in [0.25, 0.3) is 0 Å². The highest BCUT2D eigenvalue weighted by Gasteiger charge is 2.00. The lowest BCUT2D eigenvalue weighted by atomic mass is 10.2. The summed E-state index contributed by atoms with van der Waals surface area (Å²) in [6.07, 6.45) is 0.602. The van der Waals surface area contributed by atoms with E-state index in [2.05, 4.69) is 0 Å². The molecule has 0 atom stereocenters. The smallest absolute Gasteiger partial charge is 0.199 e. The Kier molecular flexibility index (Phi) is 2.34. The monoisotopic (exact) mass is 154 g/mol. The van der Waals surface area contributed by atoms with Crippen LogP contribution in [0.3, 0.4) is 0 Å². The average Bonchev–Trinajstić information content (AvgIpc) is 2.40. The molecule has 0 aliphatic carbocycles. The number of Topliss-reactive ketones (excluding diaryl/α,β-unsaturated/α-hetero) is 1. The lowest BCUT2D eigenvalue weighted by Crippen LogP contribution is -2.01. The summed E-state index contributed by atoms with van der Waals surface area (Å²) in [7, 11) is 0. The highest BCUT2D eigenvalue weighted by molar-refractivity contribution is 7.08. The maximum Gasteiger partial charge on any atom is 0.199 e. The topological polar surface area (TPSA) is 34.1 Å². The van der Waals surface area contributed by atoms with E-state index >= 15 is 0 Å². The summed E-state index contributed by atoms with van der Waals surface area (Å²) >= 11 is 1.52. The largest absolute Gasteiger partial charge is 0.295 e. The number of rotatable bonds is 3. The molecule has 0 saturated carbocycles. The third-order valence-corrected chi connectivity index (χ3v) is 1.82. The van der Waals surface area contributed by atoms with Gasteiger partial charge in [0.05, 0.1) is 0 Å². The van der Waals surface area contributed by atoms with Crippen molar-refractivity contribution in [3.8, 4) is 0 Å². The zero-order chi connectivity index (χ0) is 7.40. The summed E-state index contributed by atoms with van der Waals surface area (Å²) in [6.45, 7) is 0. The molecular formula is C7H6O2S. The lowest BCUT2D eigenvalue weighted by Gasteiger charge is -1.85. The van der Waals surface area contributed by atoms with Gasteiger partial charge >= 0.3 is 0 Å². The molecule has 0 aromatic carbocycles. The summed E-state index contributed by atoms with van der Waals surface area (Å²) in [5, 5.41) is 3.74.